The molecular formula is C12H21N3O2S2. The number of nitrogen functional groups attached to an aromatic ring is 1. The fourth-order valence-corrected chi connectivity index (χ4v) is 3.14. The number of sulfonamides is 1. The van der Waals surface area contributed by atoms with Crippen LogP contribution in [-0.4, -0.2) is 33.5 Å². The fraction of sp³-hybridized carbons (Fsp3) is 0.500. The molecule has 1 rings (SSSR count). The van der Waals surface area contributed by atoms with Crippen LogP contribution in [0.3, 0.4) is 0 Å². The molecule has 0 saturated carbocycles. The minimum Gasteiger partial charge on any atom is -0.399 e. The molecule has 7 heteroatoms. The summed E-state index contributed by atoms with van der Waals surface area (Å²) in [4.78, 5) is 0.186. The van der Waals surface area contributed by atoms with Crippen LogP contribution in [0.4, 0.5) is 11.4 Å². The first-order valence-electron chi connectivity index (χ1n) is 5.99. The molecule has 0 aromatic heterocycles. The highest BCUT2D eigenvalue weighted by Gasteiger charge is 2.18. The van der Waals surface area contributed by atoms with Gasteiger partial charge in [-0.3, -0.25) is 0 Å². The van der Waals surface area contributed by atoms with Gasteiger partial charge in [-0.1, -0.05) is 0 Å². The summed E-state index contributed by atoms with van der Waals surface area (Å²) in [5.74, 6) is 1.03. The van der Waals surface area contributed by atoms with Crippen molar-refractivity contribution in [2.75, 3.05) is 30.1 Å². The number of thioether (sulfide) groups is 1. The van der Waals surface area contributed by atoms with Crippen LogP contribution >= 0.6 is 11.8 Å². The Kier molecular flexibility index (Phi) is 5.96. The molecule has 0 bridgehead atoms. The van der Waals surface area contributed by atoms with E-state index in [2.05, 4.69) is 10.0 Å². The molecule has 108 valence electrons. The van der Waals surface area contributed by atoms with Gasteiger partial charge in [0.15, 0.2) is 0 Å². The fourth-order valence-electron chi connectivity index (χ4n) is 1.62. The second-order valence-corrected chi connectivity index (χ2v) is 7.13. The van der Waals surface area contributed by atoms with E-state index in [1.54, 1.807) is 23.9 Å². The summed E-state index contributed by atoms with van der Waals surface area (Å²) in [6, 6.07) is 5.06. The van der Waals surface area contributed by atoms with Crippen molar-refractivity contribution in [1.29, 1.82) is 0 Å². The molecule has 0 radical (unpaired) electrons. The van der Waals surface area contributed by atoms with Gasteiger partial charge in [-0.2, -0.15) is 11.8 Å². The molecule has 1 atom stereocenters. The van der Waals surface area contributed by atoms with Gasteiger partial charge in [0.1, 0.15) is 4.90 Å². The zero-order chi connectivity index (χ0) is 14.5. The van der Waals surface area contributed by atoms with E-state index in [1.807, 2.05) is 13.2 Å². The maximum Gasteiger partial charge on any atom is 0.242 e. The number of hydrogen-bond donors (Lipinski definition) is 3. The van der Waals surface area contributed by atoms with Crippen LogP contribution in [0, 0.1) is 0 Å². The van der Waals surface area contributed by atoms with Crippen molar-refractivity contribution < 1.29 is 8.42 Å². The molecule has 0 heterocycles. The SMILES string of the molecule is CNS(=O)(=O)c1cc(N)ccc1NC(C)CCSC. The number of nitrogens with one attached hydrogen (secondary N) is 2. The molecular weight excluding hydrogens is 282 g/mol. The summed E-state index contributed by atoms with van der Waals surface area (Å²) >= 11 is 1.77. The van der Waals surface area contributed by atoms with Crippen molar-refractivity contribution in [1.82, 2.24) is 4.72 Å². The van der Waals surface area contributed by atoms with Crippen LogP contribution in [-0.2, 0) is 10.0 Å². The molecule has 0 saturated heterocycles. The predicted molar refractivity (Wildman–Crippen MR) is 83.2 cm³/mol. The van der Waals surface area contributed by atoms with Crippen molar-refractivity contribution in [3.8, 4) is 0 Å². The smallest absolute Gasteiger partial charge is 0.242 e. The van der Waals surface area contributed by atoms with E-state index in [9.17, 15) is 8.42 Å². The summed E-state index contributed by atoms with van der Waals surface area (Å²) in [6.07, 6.45) is 3.01. The summed E-state index contributed by atoms with van der Waals surface area (Å²) < 4.78 is 26.2. The van der Waals surface area contributed by atoms with E-state index >= 15 is 0 Å². The second kappa shape index (κ2) is 7.02. The van der Waals surface area contributed by atoms with Gasteiger partial charge in [0, 0.05) is 11.7 Å². The Bertz CT molecular complexity index is 518. The first kappa shape index (κ1) is 16.1. The normalized spacial score (nSPS) is 13.2. The molecule has 0 aliphatic rings. The zero-order valence-electron chi connectivity index (χ0n) is 11.4. The van der Waals surface area contributed by atoms with Gasteiger partial charge in [0.2, 0.25) is 10.0 Å². The Morgan fingerprint density at radius 3 is 2.68 bits per heavy atom. The van der Waals surface area contributed by atoms with Crippen LogP contribution in [0.25, 0.3) is 0 Å². The molecule has 5 nitrogen and oxygen atoms in total. The molecule has 19 heavy (non-hydrogen) atoms. The maximum absolute atomic E-state index is 12.0. The molecule has 0 fully saturated rings. The molecule has 0 aliphatic heterocycles. The lowest BCUT2D eigenvalue weighted by molar-refractivity contribution is 0.588. The summed E-state index contributed by atoms with van der Waals surface area (Å²) in [5.41, 5.74) is 6.67. The van der Waals surface area contributed by atoms with E-state index in [0.717, 1.165) is 12.2 Å². The predicted octanol–water partition coefficient (Wildman–Crippen LogP) is 1.73. The third-order valence-electron chi connectivity index (χ3n) is 2.72. The van der Waals surface area contributed by atoms with Crippen LogP contribution in [0.1, 0.15) is 13.3 Å². The lowest BCUT2D eigenvalue weighted by Crippen LogP contribution is -2.23. The van der Waals surface area contributed by atoms with Gasteiger partial charge in [0.05, 0.1) is 5.69 Å². The van der Waals surface area contributed by atoms with Gasteiger partial charge in [-0.25, -0.2) is 13.1 Å². The summed E-state index contributed by atoms with van der Waals surface area (Å²) in [7, 11) is -2.13. The number of nitrogens with two attached hydrogens (primary N) is 1. The van der Waals surface area contributed by atoms with E-state index in [-0.39, 0.29) is 10.9 Å². The van der Waals surface area contributed by atoms with Crippen LogP contribution in [0.2, 0.25) is 0 Å². The minimum atomic E-state index is -3.52. The Morgan fingerprint density at radius 2 is 2.11 bits per heavy atom. The molecule has 0 spiro atoms. The van der Waals surface area contributed by atoms with E-state index in [1.165, 1.54) is 13.1 Å². The third-order valence-corrected chi connectivity index (χ3v) is 4.82. The van der Waals surface area contributed by atoms with Crippen molar-refractivity contribution in [3.05, 3.63) is 18.2 Å². The highest BCUT2D eigenvalue weighted by molar-refractivity contribution is 7.98. The van der Waals surface area contributed by atoms with Crippen molar-refractivity contribution in [2.45, 2.75) is 24.3 Å². The molecule has 0 aliphatic carbocycles. The Labute approximate surface area is 119 Å². The van der Waals surface area contributed by atoms with Gasteiger partial charge in [-0.05, 0) is 50.6 Å². The van der Waals surface area contributed by atoms with Gasteiger partial charge < -0.3 is 11.1 Å². The van der Waals surface area contributed by atoms with E-state index < -0.39 is 10.0 Å². The Morgan fingerprint density at radius 1 is 1.42 bits per heavy atom. The lowest BCUT2D eigenvalue weighted by Gasteiger charge is -2.18. The number of rotatable bonds is 7. The van der Waals surface area contributed by atoms with Crippen LogP contribution in [0.5, 0.6) is 0 Å². The molecule has 0 amide bonds. The largest absolute Gasteiger partial charge is 0.399 e. The van der Waals surface area contributed by atoms with Crippen LogP contribution < -0.4 is 15.8 Å². The number of hydrogen-bond acceptors (Lipinski definition) is 5. The zero-order valence-corrected chi connectivity index (χ0v) is 13.1. The summed E-state index contributed by atoms with van der Waals surface area (Å²) in [5, 5.41) is 3.22. The topological polar surface area (TPSA) is 84.2 Å². The summed E-state index contributed by atoms with van der Waals surface area (Å²) in [6.45, 7) is 2.03. The average Bonchev–Trinajstić information content (AvgIpc) is 2.38. The van der Waals surface area contributed by atoms with Crippen LogP contribution in [0.15, 0.2) is 23.1 Å². The highest BCUT2D eigenvalue weighted by atomic mass is 32.2. The molecule has 1 aromatic carbocycles. The monoisotopic (exact) mass is 303 g/mol. The standard InChI is InChI=1S/C12H21N3O2S2/c1-9(6-7-18-3)15-11-5-4-10(13)8-12(11)19(16,17)14-2/h4-5,8-9,14-15H,6-7,13H2,1-3H3. The first-order chi connectivity index (χ1) is 8.90. The Balaban J connectivity index is 3.01. The first-order valence-corrected chi connectivity index (χ1v) is 8.87. The Hall–Kier alpha value is -0.920. The number of benzene rings is 1. The van der Waals surface area contributed by atoms with Gasteiger partial charge in [-0.15, -0.1) is 0 Å². The van der Waals surface area contributed by atoms with Gasteiger partial charge in [0.25, 0.3) is 0 Å². The maximum atomic E-state index is 12.0. The molecule has 4 N–H and O–H groups in total. The van der Waals surface area contributed by atoms with Gasteiger partial charge >= 0.3 is 0 Å². The van der Waals surface area contributed by atoms with Crippen molar-refractivity contribution in [3.63, 3.8) is 0 Å². The highest BCUT2D eigenvalue weighted by Crippen LogP contribution is 2.24. The second-order valence-electron chi connectivity index (χ2n) is 4.29. The lowest BCUT2D eigenvalue weighted by atomic mass is 10.2. The van der Waals surface area contributed by atoms with E-state index in [4.69, 9.17) is 5.73 Å². The average molecular weight is 303 g/mol. The minimum absolute atomic E-state index is 0.186. The third kappa shape index (κ3) is 4.59. The number of anilines is 2. The van der Waals surface area contributed by atoms with Crippen molar-refractivity contribution >= 4 is 33.2 Å². The van der Waals surface area contributed by atoms with Crippen molar-refractivity contribution in [2.24, 2.45) is 0 Å². The quantitative estimate of drug-likeness (QED) is 0.668. The molecule has 1 aromatic rings. The molecule has 1 unspecified atom stereocenters. The van der Waals surface area contributed by atoms with E-state index in [0.29, 0.717) is 11.4 Å².